The zero-order valence-corrected chi connectivity index (χ0v) is 30.2. The first-order chi connectivity index (χ1) is 23.3. The molecule has 0 spiro atoms. The van der Waals surface area contributed by atoms with Crippen LogP contribution in [0.5, 0.6) is 23.0 Å². The van der Waals surface area contributed by atoms with Gasteiger partial charge >= 0.3 is 12.1 Å². The monoisotopic (exact) mass is 687 g/mol. The summed E-state index contributed by atoms with van der Waals surface area (Å²) < 4.78 is 50.1. The van der Waals surface area contributed by atoms with Gasteiger partial charge in [-0.2, -0.15) is 0 Å². The van der Waals surface area contributed by atoms with Crippen LogP contribution in [0.25, 0.3) is 0 Å². The van der Waals surface area contributed by atoms with E-state index in [0.717, 1.165) is 0 Å². The number of nitrogens with zero attached hydrogens (tertiary/aromatic N) is 2. The van der Waals surface area contributed by atoms with Crippen molar-refractivity contribution >= 4 is 23.9 Å². The Kier molecular flexibility index (Phi) is 14.1. The van der Waals surface area contributed by atoms with Gasteiger partial charge in [0, 0.05) is 12.7 Å². The molecule has 0 saturated carbocycles. The molecule has 0 bridgehead atoms. The van der Waals surface area contributed by atoms with E-state index in [1.807, 2.05) is 26.8 Å². The summed E-state index contributed by atoms with van der Waals surface area (Å²) in [4.78, 5) is 35.8. The minimum absolute atomic E-state index is 0.130. The molecule has 0 saturated heterocycles. The van der Waals surface area contributed by atoms with Crippen LogP contribution in [0.3, 0.4) is 0 Å². The molecule has 2 aromatic rings. The number of aliphatic imine (C=N–C) groups is 2. The predicted octanol–water partition coefficient (Wildman–Crippen LogP) is 5.70. The summed E-state index contributed by atoms with van der Waals surface area (Å²) in [5.74, 6) is 1.78. The van der Waals surface area contributed by atoms with Gasteiger partial charge in [0.1, 0.15) is 23.1 Å². The van der Waals surface area contributed by atoms with Crippen molar-refractivity contribution in [3.05, 3.63) is 47.0 Å². The van der Waals surface area contributed by atoms with Gasteiger partial charge in [-0.1, -0.05) is 19.9 Å². The molecule has 14 nitrogen and oxygen atoms in total. The summed E-state index contributed by atoms with van der Waals surface area (Å²) in [6, 6.07) is 6.23. The highest BCUT2D eigenvalue weighted by atomic mass is 16.7. The Labute approximate surface area is 288 Å². The zero-order chi connectivity index (χ0) is 36.3. The lowest BCUT2D eigenvalue weighted by atomic mass is 9.99. The van der Waals surface area contributed by atoms with Crippen molar-refractivity contribution in [1.82, 2.24) is 5.32 Å². The molecule has 0 unspecified atom stereocenters. The Morgan fingerprint density at radius 3 is 2.10 bits per heavy atom. The van der Waals surface area contributed by atoms with Crippen LogP contribution < -0.4 is 19.5 Å². The largest absolute Gasteiger partial charge is 0.496 e. The maximum atomic E-state index is 13.3. The second kappa shape index (κ2) is 17.7. The Bertz CT molecular complexity index is 1500. The van der Waals surface area contributed by atoms with Gasteiger partial charge in [-0.05, 0) is 69.0 Å². The van der Waals surface area contributed by atoms with Gasteiger partial charge in [0.05, 0.1) is 41.7 Å². The van der Waals surface area contributed by atoms with E-state index in [1.54, 1.807) is 66.4 Å². The standard InChI is InChI=1S/C35H49N3O11/c1-20(2)28-31(44-10)37-29(32(36-28)45-11)23-17-25(43-9)21(3)26(18-23)48-27-16-22(12-13-24(27)42-8)30(38-34(40)49-35(4,5)6)33(39)47-19-46-15-14-41-7/h12-13,16-18,20,28-30H,14-15,19H2,1-11H3,(H,38,40)/t28-,29-,30-/m1/s1. The van der Waals surface area contributed by atoms with Gasteiger partial charge in [-0.3, -0.25) is 0 Å². The first-order valence-corrected chi connectivity index (χ1v) is 15.8. The van der Waals surface area contributed by atoms with Crippen LogP contribution in [0.15, 0.2) is 40.3 Å². The van der Waals surface area contributed by atoms with E-state index >= 15 is 0 Å². The average molecular weight is 688 g/mol. The van der Waals surface area contributed by atoms with Crippen LogP contribution in [-0.2, 0) is 33.2 Å². The first-order valence-electron chi connectivity index (χ1n) is 15.8. The number of hydrogen-bond donors (Lipinski definition) is 1. The van der Waals surface area contributed by atoms with Gasteiger partial charge in [0.25, 0.3) is 0 Å². The average Bonchev–Trinajstić information content (AvgIpc) is 3.06. The van der Waals surface area contributed by atoms with Crippen molar-refractivity contribution < 1.29 is 52.2 Å². The van der Waals surface area contributed by atoms with Crippen molar-refractivity contribution in [2.24, 2.45) is 15.9 Å². The number of carbonyl (C=O) groups is 2. The van der Waals surface area contributed by atoms with Gasteiger partial charge in [0.2, 0.25) is 11.8 Å². The Hall–Kier alpha value is -4.56. The van der Waals surface area contributed by atoms with E-state index in [1.165, 1.54) is 14.2 Å². The predicted molar refractivity (Wildman–Crippen MR) is 182 cm³/mol. The summed E-state index contributed by atoms with van der Waals surface area (Å²) in [6.07, 6.45) is -0.819. The van der Waals surface area contributed by atoms with E-state index in [4.69, 9.17) is 52.6 Å². The van der Waals surface area contributed by atoms with Crippen molar-refractivity contribution in [1.29, 1.82) is 0 Å². The van der Waals surface area contributed by atoms with Crippen LogP contribution in [0, 0.1) is 12.8 Å². The Morgan fingerprint density at radius 1 is 0.837 bits per heavy atom. The molecule has 2 aromatic carbocycles. The highest BCUT2D eigenvalue weighted by Crippen LogP contribution is 2.41. The number of nitrogens with one attached hydrogen (secondary N) is 1. The molecule has 1 amide bonds. The topological polar surface area (TPSA) is 154 Å². The van der Waals surface area contributed by atoms with Crippen LogP contribution in [0.4, 0.5) is 4.79 Å². The molecular formula is C35H49N3O11. The molecule has 0 aliphatic carbocycles. The number of amides is 1. The summed E-state index contributed by atoms with van der Waals surface area (Å²) in [6.45, 7) is 11.2. The van der Waals surface area contributed by atoms with Gasteiger partial charge in [-0.25, -0.2) is 19.6 Å². The molecule has 3 atom stereocenters. The van der Waals surface area contributed by atoms with Crippen molar-refractivity contribution in [3.63, 3.8) is 0 Å². The molecule has 0 radical (unpaired) electrons. The minimum atomic E-state index is -1.28. The molecule has 14 heteroatoms. The van der Waals surface area contributed by atoms with E-state index in [-0.39, 0.29) is 31.1 Å². The molecule has 1 aliphatic rings. The molecule has 1 N–H and O–H groups in total. The van der Waals surface area contributed by atoms with Crippen LogP contribution >= 0.6 is 0 Å². The maximum Gasteiger partial charge on any atom is 0.408 e. The third-order valence-electron chi connectivity index (χ3n) is 7.28. The number of hydrogen-bond acceptors (Lipinski definition) is 13. The van der Waals surface area contributed by atoms with Gasteiger partial charge in [0.15, 0.2) is 30.4 Å². The number of benzene rings is 2. The van der Waals surface area contributed by atoms with E-state index in [2.05, 4.69) is 5.32 Å². The number of methoxy groups -OCH3 is 5. The van der Waals surface area contributed by atoms with E-state index in [0.29, 0.717) is 52.3 Å². The van der Waals surface area contributed by atoms with Gasteiger partial charge in [-0.15, -0.1) is 0 Å². The lowest BCUT2D eigenvalue weighted by molar-refractivity contribution is -0.159. The van der Waals surface area contributed by atoms with Crippen molar-refractivity contribution in [2.45, 2.75) is 65.3 Å². The third kappa shape index (κ3) is 10.5. The summed E-state index contributed by atoms with van der Waals surface area (Å²) in [5, 5.41) is 2.60. The highest BCUT2D eigenvalue weighted by Gasteiger charge is 2.33. The number of ether oxygens (including phenoxy) is 9. The first kappa shape index (κ1) is 38.9. The molecule has 3 rings (SSSR count). The fourth-order valence-electron chi connectivity index (χ4n) is 4.83. The fourth-order valence-corrected chi connectivity index (χ4v) is 4.83. The summed E-state index contributed by atoms with van der Waals surface area (Å²) in [5.41, 5.74) is 0.871. The molecule has 49 heavy (non-hydrogen) atoms. The normalized spacial score (nSPS) is 16.6. The second-order valence-corrected chi connectivity index (χ2v) is 12.4. The number of carbonyl (C=O) groups excluding carboxylic acids is 2. The maximum absolute atomic E-state index is 13.3. The van der Waals surface area contributed by atoms with E-state index < -0.39 is 29.7 Å². The van der Waals surface area contributed by atoms with Crippen LogP contribution in [0.2, 0.25) is 0 Å². The summed E-state index contributed by atoms with van der Waals surface area (Å²) in [7, 11) is 7.69. The number of alkyl carbamates (subject to hydrolysis) is 1. The Morgan fingerprint density at radius 2 is 1.51 bits per heavy atom. The lowest BCUT2D eigenvalue weighted by Gasteiger charge is -2.28. The number of rotatable bonds is 14. The highest BCUT2D eigenvalue weighted by molar-refractivity contribution is 5.95. The van der Waals surface area contributed by atoms with Crippen LogP contribution in [-0.4, -0.2) is 91.1 Å². The smallest absolute Gasteiger partial charge is 0.408 e. The Balaban J connectivity index is 2.05. The molecule has 0 aromatic heterocycles. The zero-order valence-electron chi connectivity index (χ0n) is 30.2. The molecule has 270 valence electrons. The van der Waals surface area contributed by atoms with Crippen LogP contribution in [0.1, 0.15) is 63.4 Å². The molecule has 1 heterocycles. The quantitative estimate of drug-likeness (QED) is 0.148. The van der Waals surface area contributed by atoms with E-state index in [9.17, 15) is 9.59 Å². The van der Waals surface area contributed by atoms with Gasteiger partial charge < -0.3 is 47.9 Å². The molecule has 0 fully saturated rings. The summed E-state index contributed by atoms with van der Waals surface area (Å²) >= 11 is 0. The minimum Gasteiger partial charge on any atom is -0.496 e. The fraction of sp³-hybridized carbons (Fsp3) is 0.543. The van der Waals surface area contributed by atoms with Crippen molar-refractivity contribution in [2.75, 3.05) is 55.6 Å². The van der Waals surface area contributed by atoms with Crippen molar-refractivity contribution in [3.8, 4) is 23.0 Å². The third-order valence-corrected chi connectivity index (χ3v) is 7.28. The second-order valence-electron chi connectivity index (χ2n) is 12.4. The molecular weight excluding hydrogens is 638 g/mol. The SMILES string of the molecule is COCCOCOC(=O)[C@H](NC(=O)OC(C)(C)C)c1ccc(OC)c(Oc2cc([C@H]3N=C(OC)[C@@H](C(C)C)N=C3OC)cc(OC)c2C)c1. The lowest BCUT2D eigenvalue weighted by Crippen LogP contribution is -2.39. The number of esters is 1. The molecule has 1 aliphatic heterocycles.